The highest BCUT2D eigenvalue weighted by molar-refractivity contribution is 5.80. The van der Waals surface area contributed by atoms with Crippen LogP contribution < -0.4 is 5.73 Å². The minimum atomic E-state index is -0.631. The fourth-order valence-electron chi connectivity index (χ4n) is 2.44. The van der Waals surface area contributed by atoms with Crippen molar-refractivity contribution in [1.82, 2.24) is 24.7 Å². The summed E-state index contributed by atoms with van der Waals surface area (Å²) in [5, 5.41) is 8.15. The summed E-state index contributed by atoms with van der Waals surface area (Å²) in [6.45, 7) is 1.62. The van der Waals surface area contributed by atoms with E-state index in [0.717, 1.165) is 22.5 Å². The van der Waals surface area contributed by atoms with Crippen LogP contribution in [0.3, 0.4) is 0 Å². The lowest BCUT2D eigenvalue weighted by molar-refractivity contribution is -0.119. The van der Waals surface area contributed by atoms with Gasteiger partial charge in [0.15, 0.2) is 5.65 Å². The van der Waals surface area contributed by atoms with Crippen molar-refractivity contribution in [2.45, 2.75) is 12.8 Å². The number of carbonyl (C=O) groups is 1. The van der Waals surface area contributed by atoms with Crippen molar-refractivity contribution >= 4 is 11.6 Å². The molecule has 0 spiro atoms. The number of amides is 1. The van der Waals surface area contributed by atoms with Crippen molar-refractivity contribution in [2.24, 2.45) is 5.73 Å². The third kappa shape index (κ3) is 2.74. The summed E-state index contributed by atoms with van der Waals surface area (Å²) < 4.78 is 6.86. The number of benzene rings is 1. The molecule has 0 radical (unpaired) electrons. The zero-order valence-corrected chi connectivity index (χ0v) is 13.3. The van der Waals surface area contributed by atoms with Gasteiger partial charge in [-0.1, -0.05) is 23.4 Å². The van der Waals surface area contributed by atoms with Crippen LogP contribution in [0.2, 0.25) is 0 Å². The van der Waals surface area contributed by atoms with E-state index in [1.54, 1.807) is 17.6 Å². The quantitative estimate of drug-likeness (QED) is 0.611. The maximum Gasteiger partial charge on any atom is 0.239 e. The minimum absolute atomic E-state index is 0.199. The van der Waals surface area contributed by atoms with Crippen molar-refractivity contribution in [3.05, 3.63) is 54.7 Å². The SMILES string of the molecule is CC(C(N)=O)c1nc(-c2cccc(-c3cn4ncccc4n3)c2)no1. The standard InChI is InChI=1S/C17H14N6O2/c1-10(15(18)24)17-21-16(22-25-17)12-5-2-4-11(8-12)13-9-23-14(20-13)6-3-7-19-23/h2-10H,1H3,(H2,18,24). The number of primary amides is 1. The summed E-state index contributed by atoms with van der Waals surface area (Å²) in [6, 6.07) is 11.3. The van der Waals surface area contributed by atoms with Crippen LogP contribution in [0.4, 0.5) is 0 Å². The highest BCUT2D eigenvalue weighted by Gasteiger charge is 2.20. The van der Waals surface area contributed by atoms with Crippen LogP contribution >= 0.6 is 0 Å². The monoisotopic (exact) mass is 334 g/mol. The van der Waals surface area contributed by atoms with Gasteiger partial charge in [0.05, 0.1) is 11.9 Å². The molecule has 1 unspecified atom stereocenters. The first-order valence-electron chi connectivity index (χ1n) is 7.66. The second-order valence-electron chi connectivity index (χ2n) is 5.61. The van der Waals surface area contributed by atoms with E-state index in [0.29, 0.717) is 5.82 Å². The molecular weight excluding hydrogens is 320 g/mol. The normalized spacial score (nSPS) is 12.4. The molecule has 4 aromatic rings. The molecule has 0 saturated heterocycles. The van der Waals surface area contributed by atoms with Gasteiger partial charge in [-0.3, -0.25) is 4.79 Å². The lowest BCUT2D eigenvalue weighted by atomic mass is 10.1. The van der Waals surface area contributed by atoms with Crippen LogP contribution in [0.25, 0.3) is 28.3 Å². The van der Waals surface area contributed by atoms with Crippen LogP contribution in [0, 0.1) is 0 Å². The molecule has 1 atom stereocenters. The Morgan fingerprint density at radius 2 is 2.04 bits per heavy atom. The Labute approximate surface area is 142 Å². The molecule has 1 amide bonds. The summed E-state index contributed by atoms with van der Waals surface area (Å²) in [5.74, 6) is -0.549. The average Bonchev–Trinajstić information content (AvgIpc) is 3.28. The van der Waals surface area contributed by atoms with Crippen molar-refractivity contribution in [2.75, 3.05) is 0 Å². The van der Waals surface area contributed by atoms with Gasteiger partial charge in [0.1, 0.15) is 5.92 Å². The van der Waals surface area contributed by atoms with E-state index in [-0.39, 0.29) is 5.89 Å². The van der Waals surface area contributed by atoms with Gasteiger partial charge in [0.25, 0.3) is 0 Å². The summed E-state index contributed by atoms with van der Waals surface area (Å²) >= 11 is 0. The first-order chi connectivity index (χ1) is 12.1. The Bertz CT molecular complexity index is 1030. The van der Waals surface area contributed by atoms with Gasteiger partial charge in [-0.25, -0.2) is 9.50 Å². The number of hydrogen-bond donors (Lipinski definition) is 1. The van der Waals surface area contributed by atoms with Crippen LogP contribution in [0.15, 0.2) is 53.3 Å². The van der Waals surface area contributed by atoms with E-state index in [9.17, 15) is 4.79 Å². The third-order valence-corrected chi connectivity index (χ3v) is 3.89. The molecule has 0 saturated carbocycles. The predicted octanol–water partition coefficient (Wildman–Crippen LogP) is 2.04. The fourth-order valence-corrected chi connectivity index (χ4v) is 2.44. The van der Waals surface area contributed by atoms with E-state index >= 15 is 0 Å². The van der Waals surface area contributed by atoms with Crippen molar-refractivity contribution in [1.29, 1.82) is 0 Å². The van der Waals surface area contributed by atoms with Gasteiger partial charge in [0.2, 0.25) is 17.6 Å². The molecular formula is C17H14N6O2. The number of aromatic nitrogens is 5. The van der Waals surface area contributed by atoms with Gasteiger partial charge in [-0.15, -0.1) is 0 Å². The van der Waals surface area contributed by atoms with Crippen LogP contribution in [0.1, 0.15) is 18.7 Å². The van der Waals surface area contributed by atoms with Crippen molar-refractivity contribution in [3.8, 4) is 22.6 Å². The molecule has 0 aliphatic carbocycles. The van der Waals surface area contributed by atoms with Gasteiger partial charge in [0, 0.05) is 17.3 Å². The zero-order valence-electron chi connectivity index (χ0n) is 13.3. The number of nitrogens with two attached hydrogens (primary N) is 1. The smallest absolute Gasteiger partial charge is 0.239 e. The van der Waals surface area contributed by atoms with Gasteiger partial charge in [-0.05, 0) is 25.1 Å². The summed E-state index contributed by atoms with van der Waals surface area (Å²) in [4.78, 5) is 20.1. The van der Waals surface area contributed by atoms with E-state index in [2.05, 4.69) is 20.2 Å². The molecule has 0 fully saturated rings. The van der Waals surface area contributed by atoms with Crippen molar-refractivity contribution in [3.63, 3.8) is 0 Å². The molecule has 0 aliphatic heterocycles. The number of fused-ring (bicyclic) bond motifs is 1. The van der Waals surface area contributed by atoms with Crippen LogP contribution in [-0.2, 0) is 4.79 Å². The summed E-state index contributed by atoms with van der Waals surface area (Å²) in [5.41, 5.74) is 8.48. The van der Waals surface area contributed by atoms with Gasteiger partial charge >= 0.3 is 0 Å². The molecule has 1 aromatic carbocycles. The van der Waals surface area contributed by atoms with E-state index in [4.69, 9.17) is 10.3 Å². The lowest BCUT2D eigenvalue weighted by Gasteiger charge is -1.99. The largest absolute Gasteiger partial charge is 0.369 e. The second kappa shape index (κ2) is 5.82. The predicted molar refractivity (Wildman–Crippen MR) is 89.3 cm³/mol. The van der Waals surface area contributed by atoms with Crippen molar-refractivity contribution < 1.29 is 9.32 Å². The molecule has 4 rings (SSSR count). The highest BCUT2D eigenvalue weighted by Crippen LogP contribution is 2.25. The highest BCUT2D eigenvalue weighted by atomic mass is 16.5. The molecule has 0 bridgehead atoms. The number of nitrogens with zero attached hydrogens (tertiary/aromatic N) is 5. The molecule has 0 aliphatic rings. The molecule has 3 heterocycles. The van der Waals surface area contributed by atoms with Crippen LogP contribution in [-0.4, -0.2) is 30.6 Å². The van der Waals surface area contributed by atoms with Gasteiger partial charge in [-0.2, -0.15) is 10.1 Å². The van der Waals surface area contributed by atoms with E-state index in [1.807, 2.05) is 42.6 Å². The zero-order chi connectivity index (χ0) is 17.4. The Morgan fingerprint density at radius 3 is 2.84 bits per heavy atom. The lowest BCUT2D eigenvalue weighted by Crippen LogP contribution is -2.18. The fraction of sp³-hybridized carbons (Fsp3) is 0.118. The Morgan fingerprint density at radius 1 is 1.20 bits per heavy atom. The topological polar surface area (TPSA) is 112 Å². The number of hydrogen-bond acceptors (Lipinski definition) is 6. The summed E-state index contributed by atoms with van der Waals surface area (Å²) in [6.07, 6.45) is 3.56. The summed E-state index contributed by atoms with van der Waals surface area (Å²) in [7, 11) is 0. The minimum Gasteiger partial charge on any atom is -0.369 e. The maximum atomic E-state index is 11.2. The molecule has 124 valence electrons. The number of imidazole rings is 1. The molecule has 3 aromatic heterocycles. The first kappa shape index (κ1) is 15.0. The Balaban J connectivity index is 1.71. The molecule has 2 N–H and O–H groups in total. The average molecular weight is 334 g/mol. The van der Waals surface area contributed by atoms with E-state index < -0.39 is 11.8 Å². The van der Waals surface area contributed by atoms with Gasteiger partial charge < -0.3 is 10.3 Å². The maximum absolute atomic E-state index is 11.2. The number of carbonyl (C=O) groups excluding carboxylic acids is 1. The van der Waals surface area contributed by atoms with Crippen LogP contribution in [0.5, 0.6) is 0 Å². The number of rotatable bonds is 4. The Hall–Kier alpha value is -3.55. The second-order valence-corrected chi connectivity index (χ2v) is 5.61. The molecule has 8 nitrogen and oxygen atoms in total. The Kier molecular flexibility index (Phi) is 3.50. The molecule has 8 heteroatoms. The first-order valence-corrected chi connectivity index (χ1v) is 7.66. The molecule has 25 heavy (non-hydrogen) atoms. The third-order valence-electron chi connectivity index (χ3n) is 3.89. The van der Waals surface area contributed by atoms with E-state index in [1.165, 1.54) is 0 Å².